The molecule has 0 bridgehead atoms. The van der Waals surface area contributed by atoms with E-state index in [1.54, 1.807) is 0 Å². The van der Waals surface area contributed by atoms with E-state index in [4.69, 9.17) is 9.47 Å². The normalized spacial score (nSPS) is 14.2. The zero-order valence-electron chi connectivity index (χ0n) is 8.96. The Kier molecular flexibility index (Phi) is 6.39. The molecule has 2 nitrogen and oxygen atoms in total. The van der Waals surface area contributed by atoms with E-state index in [0.29, 0.717) is 5.92 Å². The first kappa shape index (κ1) is 11.9. The molecule has 0 N–H and O–H groups in total. The van der Waals surface area contributed by atoms with Crippen molar-refractivity contribution in [3.63, 3.8) is 0 Å². The molecular formula is C10H22O2. The van der Waals surface area contributed by atoms with Gasteiger partial charge in [-0.3, -0.25) is 0 Å². The van der Waals surface area contributed by atoms with E-state index in [1.807, 2.05) is 13.8 Å². The minimum Gasteiger partial charge on any atom is -0.352 e. The number of ether oxygens (including phenoxy) is 2. The highest BCUT2D eigenvalue weighted by Gasteiger charge is 2.08. The van der Waals surface area contributed by atoms with E-state index >= 15 is 0 Å². The molecule has 0 fully saturated rings. The fourth-order valence-corrected chi connectivity index (χ4v) is 0.857. The quantitative estimate of drug-likeness (QED) is 0.576. The third-order valence-corrected chi connectivity index (χ3v) is 1.37. The van der Waals surface area contributed by atoms with Crippen molar-refractivity contribution in [2.24, 2.45) is 5.92 Å². The highest BCUT2D eigenvalue weighted by atomic mass is 16.7. The number of hydrogen-bond acceptors (Lipinski definition) is 2. The molecule has 0 spiro atoms. The van der Waals surface area contributed by atoms with Gasteiger partial charge in [-0.15, -0.1) is 0 Å². The van der Waals surface area contributed by atoms with Crippen LogP contribution in [0.1, 0.15) is 41.0 Å². The molecule has 0 aromatic carbocycles. The van der Waals surface area contributed by atoms with Gasteiger partial charge in [0.1, 0.15) is 0 Å². The van der Waals surface area contributed by atoms with Crippen LogP contribution in [0.25, 0.3) is 0 Å². The molecule has 74 valence electrons. The summed E-state index contributed by atoms with van der Waals surface area (Å²) in [5, 5.41) is 0. The summed E-state index contributed by atoms with van der Waals surface area (Å²) in [6.45, 7) is 11.2. The van der Waals surface area contributed by atoms with Crippen molar-refractivity contribution in [3.8, 4) is 0 Å². The van der Waals surface area contributed by atoms with E-state index < -0.39 is 0 Å². The Balaban J connectivity index is 3.53. The zero-order valence-corrected chi connectivity index (χ0v) is 8.96. The first-order valence-electron chi connectivity index (χ1n) is 4.83. The van der Waals surface area contributed by atoms with Gasteiger partial charge in [0, 0.05) is 0 Å². The van der Waals surface area contributed by atoms with Gasteiger partial charge in [-0.2, -0.15) is 0 Å². The molecule has 0 aliphatic heterocycles. The molecule has 0 radical (unpaired) electrons. The van der Waals surface area contributed by atoms with Crippen LogP contribution in [0.2, 0.25) is 0 Å². The first-order valence-corrected chi connectivity index (χ1v) is 4.83. The highest BCUT2D eigenvalue weighted by molar-refractivity contribution is 4.46. The maximum atomic E-state index is 5.54. The number of hydrogen-bond donors (Lipinski definition) is 0. The fourth-order valence-electron chi connectivity index (χ4n) is 0.857. The van der Waals surface area contributed by atoms with Gasteiger partial charge in [-0.25, -0.2) is 0 Å². The topological polar surface area (TPSA) is 18.5 Å². The van der Waals surface area contributed by atoms with Crippen molar-refractivity contribution in [1.82, 2.24) is 0 Å². The molecule has 1 atom stereocenters. The first-order chi connectivity index (χ1) is 5.56. The van der Waals surface area contributed by atoms with Crippen molar-refractivity contribution in [2.45, 2.75) is 53.4 Å². The summed E-state index contributed by atoms with van der Waals surface area (Å²) in [5.74, 6) is 0.579. The van der Waals surface area contributed by atoms with Gasteiger partial charge in [0.2, 0.25) is 0 Å². The second-order valence-corrected chi connectivity index (χ2v) is 3.75. The molecule has 0 aromatic heterocycles. The molecule has 0 aliphatic carbocycles. The summed E-state index contributed by atoms with van der Waals surface area (Å²) < 4.78 is 11.1. The summed E-state index contributed by atoms with van der Waals surface area (Å²) in [4.78, 5) is 0. The van der Waals surface area contributed by atoms with Gasteiger partial charge in [0.15, 0.2) is 6.29 Å². The zero-order chi connectivity index (χ0) is 9.56. The lowest BCUT2D eigenvalue weighted by molar-refractivity contribution is -0.168. The van der Waals surface area contributed by atoms with Crippen LogP contribution in [0.5, 0.6) is 0 Å². The Morgan fingerprint density at radius 1 is 1.08 bits per heavy atom. The van der Waals surface area contributed by atoms with Crippen molar-refractivity contribution in [1.29, 1.82) is 0 Å². The molecule has 12 heavy (non-hydrogen) atoms. The lowest BCUT2D eigenvalue weighted by atomic mass is 10.2. The highest BCUT2D eigenvalue weighted by Crippen LogP contribution is 2.06. The smallest absolute Gasteiger partial charge is 0.157 e. The largest absolute Gasteiger partial charge is 0.352 e. The minimum atomic E-state index is -0.0209. The summed E-state index contributed by atoms with van der Waals surface area (Å²) in [6.07, 6.45) is 1.15. The van der Waals surface area contributed by atoms with Gasteiger partial charge in [0.05, 0.1) is 12.7 Å². The van der Waals surface area contributed by atoms with Crippen molar-refractivity contribution >= 4 is 0 Å². The van der Waals surface area contributed by atoms with E-state index in [0.717, 1.165) is 13.0 Å². The van der Waals surface area contributed by atoms with Gasteiger partial charge < -0.3 is 9.47 Å². The van der Waals surface area contributed by atoms with Crippen molar-refractivity contribution < 1.29 is 9.47 Å². The molecule has 0 heterocycles. The molecule has 0 saturated heterocycles. The molecule has 2 heteroatoms. The minimum absolute atomic E-state index is 0.0209. The molecule has 0 aliphatic rings. The Hall–Kier alpha value is -0.0800. The monoisotopic (exact) mass is 174 g/mol. The van der Waals surface area contributed by atoms with Crippen molar-refractivity contribution in [3.05, 3.63) is 0 Å². The maximum absolute atomic E-state index is 5.54. The van der Waals surface area contributed by atoms with Gasteiger partial charge >= 0.3 is 0 Å². The second kappa shape index (κ2) is 6.44. The average molecular weight is 174 g/mol. The molecule has 0 saturated carbocycles. The van der Waals surface area contributed by atoms with Crippen molar-refractivity contribution in [2.75, 3.05) is 6.61 Å². The second-order valence-electron chi connectivity index (χ2n) is 3.75. The van der Waals surface area contributed by atoms with Crippen LogP contribution in [0, 0.1) is 5.92 Å². The Morgan fingerprint density at radius 2 is 1.67 bits per heavy atom. The van der Waals surface area contributed by atoms with E-state index in [-0.39, 0.29) is 12.4 Å². The Labute approximate surface area is 76.3 Å². The Bertz CT molecular complexity index is 100. The molecular weight excluding hydrogens is 152 g/mol. The van der Waals surface area contributed by atoms with Crippen LogP contribution in [-0.2, 0) is 9.47 Å². The average Bonchev–Trinajstić information content (AvgIpc) is 1.97. The molecule has 1 unspecified atom stereocenters. The van der Waals surface area contributed by atoms with Gasteiger partial charge in [-0.1, -0.05) is 20.8 Å². The SMILES string of the molecule is CCC(OCC(C)C)OC(C)C. The Morgan fingerprint density at radius 3 is 2.00 bits per heavy atom. The van der Waals surface area contributed by atoms with Crippen LogP contribution >= 0.6 is 0 Å². The standard InChI is InChI=1S/C10H22O2/c1-6-10(12-9(4)5)11-7-8(2)3/h8-10H,6-7H2,1-5H3. The van der Waals surface area contributed by atoms with Crippen LogP contribution in [0.4, 0.5) is 0 Å². The lowest BCUT2D eigenvalue weighted by Gasteiger charge is -2.20. The molecule has 0 aromatic rings. The molecule has 0 amide bonds. The summed E-state index contributed by atoms with van der Waals surface area (Å²) >= 11 is 0. The van der Waals surface area contributed by atoms with Crippen LogP contribution in [-0.4, -0.2) is 19.0 Å². The van der Waals surface area contributed by atoms with E-state index in [9.17, 15) is 0 Å². The van der Waals surface area contributed by atoms with Gasteiger partial charge in [0.25, 0.3) is 0 Å². The summed E-state index contributed by atoms with van der Waals surface area (Å²) in [5.41, 5.74) is 0. The van der Waals surface area contributed by atoms with Crippen LogP contribution < -0.4 is 0 Å². The van der Waals surface area contributed by atoms with E-state index in [2.05, 4.69) is 20.8 Å². The predicted molar refractivity (Wildman–Crippen MR) is 51.1 cm³/mol. The third-order valence-electron chi connectivity index (χ3n) is 1.37. The van der Waals surface area contributed by atoms with E-state index in [1.165, 1.54) is 0 Å². The summed E-state index contributed by atoms with van der Waals surface area (Å²) in [6, 6.07) is 0. The molecule has 0 rings (SSSR count). The third kappa shape index (κ3) is 6.62. The van der Waals surface area contributed by atoms with Gasteiger partial charge in [-0.05, 0) is 26.2 Å². The van der Waals surface area contributed by atoms with Crippen LogP contribution in [0.15, 0.2) is 0 Å². The number of rotatable bonds is 6. The fraction of sp³-hybridized carbons (Fsp3) is 1.00. The maximum Gasteiger partial charge on any atom is 0.157 e. The van der Waals surface area contributed by atoms with Crippen LogP contribution in [0.3, 0.4) is 0 Å². The predicted octanol–water partition coefficient (Wildman–Crippen LogP) is 2.82. The lowest BCUT2D eigenvalue weighted by Crippen LogP contribution is -2.22. The summed E-state index contributed by atoms with van der Waals surface area (Å²) in [7, 11) is 0.